The van der Waals surface area contributed by atoms with Crippen molar-refractivity contribution in [1.82, 2.24) is 4.31 Å². The van der Waals surface area contributed by atoms with E-state index in [1.165, 1.54) is 10.6 Å². The fourth-order valence-electron chi connectivity index (χ4n) is 1.74. The molecule has 94 valence electrons. The Hall–Kier alpha value is 0.0600. The monoisotopic (exact) mass is 311 g/mol. The maximum absolute atomic E-state index is 11.6. The van der Waals surface area contributed by atoms with Gasteiger partial charge in [-0.15, -0.1) is 11.8 Å². The summed E-state index contributed by atoms with van der Waals surface area (Å²) in [5.74, 6) is 0.774. The molecule has 7 heteroatoms. The lowest BCUT2D eigenvalue weighted by atomic mass is 10.2. The Kier molecular flexibility index (Phi) is 3.95. The van der Waals surface area contributed by atoms with Gasteiger partial charge < -0.3 is 0 Å². The van der Waals surface area contributed by atoms with E-state index in [0.29, 0.717) is 16.6 Å². The van der Waals surface area contributed by atoms with Crippen LogP contribution in [-0.2, 0) is 10.0 Å². The standard InChI is InChI=1S/C10H11Cl2NO2S2/c1-17(14,15)13-4-5-16-10(13)8-3-2-7(11)6-9(8)12/h2-3,6,10H,4-5H2,1H3. The second-order valence-electron chi connectivity index (χ2n) is 3.76. The molecule has 17 heavy (non-hydrogen) atoms. The van der Waals surface area contributed by atoms with Gasteiger partial charge in [-0.2, -0.15) is 4.31 Å². The zero-order chi connectivity index (χ0) is 12.6. The zero-order valence-corrected chi connectivity index (χ0v) is 12.2. The second-order valence-corrected chi connectivity index (χ2v) is 7.73. The van der Waals surface area contributed by atoms with Crippen LogP contribution in [-0.4, -0.2) is 31.3 Å². The van der Waals surface area contributed by atoms with E-state index >= 15 is 0 Å². The molecule has 1 aromatic carbocycles. The predicted molar refractivity (Wildman–Crippen MR) is 73.2 cm³/mol. The molecule has 0 aromatic heterocycles. The number of sulfonamides is 1. The summed E-state index contributed by atoms with van der Waals surface area (Å²) in [6.45, 7) is 0.521. The van der Waals surface area contributed by atoms with Crippen molar-refractivity contribution in [3.8, 4) is 0 Å². The number of nitrogens with zero attached hydrogens (tertiary/aromatic N) is 1. The molecule has 1 atom stereocenters. The Balaban J connectivity index is 2.39. The summed E-state index contributed by atoms with van der Waals surface area (Å²) in [7, 11) is -3.21. The first-order chi connectivity index (χ1) is 7.89. The van der Waals surface area contributed by atoms with Crippen LogP contribution in [0.2, 0.25) is 10.0 Å². The van der Waals surface area contributed by atoms with Crippen LogP contribution in [0.3, 0.4) is 0 Å². The summed E-state index contributed by atoms with van der Waals surface area (Å²) in [6, 6.07) is 5.14. The number of thioether (sulfide) groups is 1. The van der Waals surface area contributed by atoms with Gasteiger partial charge in [0.1, 0.15) is 0 Å². The molecule has 1 saturated heterocycles. The largest absolute Gasteiger partial charge is 0.212 e. The zero-order valence-electron chi connectivity index (χ0n) is 9.06. The van der Waals surface area contributed by atoms with Crippen LogP contribution in [0.1, 0.15) is 10.9 Å². The third-order valence-electron chi connectivity index (χ3n) is 2.50. The summed E-state index contributed by atoms with van der Waals surface area (Å²) in [5, 5.41) is 0.813. The minimum atomic E-state index is -3.21. The van der Waals surface area contributed by atoms with Gasteiger partial charge in [-0.05, 0) is 17.7 Å². The molecular formula is C10H11Cl2NO2S2. The molecule has 1 aliphatic rings. The van der Waals surface area contributed by atoms with Crippen molar-refractivity contribution >= 4 is 45.0 Å². The Morgan fingerprint density at radius 2 is 2.12 bits per heavy atom. The van der Waals surface area contributed by atoms with Gasteiger partial charge in [0.2, 0.25) is 10.0 Å². The van der Waals surface area contributed by atoms with Crippen LogP contribution in [0, 0.1) is 0 Å². The molecule has 1 aliphatic heterocycles. The van der Waals surface area contributed by atoms with Crippen molar-refractivity contribution in [1.29, 1.82) is 0 Å². The quantitative estimate of drug-likeness (QED) is 0.842. The average Bonchev–Trinajstić information content (AvgIpc) is 2.65. The van der Waals surface area contributed by atoms with Crippen LogP contribution >= 0.6 is 35.0 Å². The first-order valence-electron chi connectivity index (χ1n) is 4.93. The number of hydrogen-bond acceptors (Lipinski definition) is 3. The highest BCUT2D eigenvalue weighted by molar-refractivity contribution is 8.00. The lowest BCUT2D eigenvalue weighted by Gasteiger charge is -2.22. The van der Waals surface area contributed by atoms with Crippen molar-refractivity contribution in [3.05, 3.63) is 33.8 Å². The summed E-state index contributed by atoms with van der Waals surface area (Å²) in [5.41, 5.74) is 0.795. The van der Waals surface area contributed by atoms with Crippen molar-refractivity contribution in [2.75, 3.05) is 18.6 Å². The van der Waals surface area contributed by atoms with E-state index in [1.54, 1.807) is 30.0 Å². The SMILES string of the molecule is CS(=O)(=O)N1CCSC1c1ccc(Cl)cc1Cl. The summed E-state index contributed by atoms with van der Waals surface area (Å²) in [6.07, 6.45) is 1.22. The second kappa shape index (κ2) is 4.97. The molecule has 1 heterocycles. The van der Waals surface area contributed by atoms with E-state index in [1.807, 2.05) is 0 Å². The minimum Gasteiger partial charge on any atom is -0.212 e. The van der Waals surface area contributed by atoms with E-state index in [4.69, 9.17) is 23.2 Å². The maximum atomic E-state index is 11.6. The van der Waals surface area contributed by atoms with Crippen LogP contribution < -0.4 is 0 Å². The molecule has 0 N–H and O–H groups in total. The first kappa shape index (κ1) is 13.5. The Morgan fingerprint density at radius 1 is 1.41 bits per heavy atom. The Bertz CT molecular complexity index is 533. The predicted octanol–water partition coefficient (Wildman–Crippen LogP) is 3.00. The van der Waals surface area contributed by atoms with E-state index in [-0.39, 0.29) is 5.37 Å². The molecule has 0 bridgehead atoms. The highest BCUT2D eigenvalue weighted by Crippen LogP contribution is 2.42. The molecular weight excluding hydrogens is 301 g/mol. The van der Waals surface area contributed by atoms with Crippen molar-refractivity contribution < 1.29 is 8.42 Å². The number of halogens is 2. The van der Waals surface area contributed by atoms with Gasteiger partial charge in [0, 0.05) is 22.3 Å². The third kappa shape index (κ3) is 2.90. The fourth-order valence-corrected chi connectivity index (χ4v) is 5.15. The molecule has 0 radical (unpaired) electrons. The number of rotatable bonds is 2. The fraction of sp³-hybridized carbons (Fsp3) is 0.400. The third-order valence-corrected chi connectivity index (χ3v) is 5.69. The topological polar surface area (TPSA) is 37.4 Å². The Labute approximate surface area is 115 Å². The molecule has 3 nitrogen and oxygen atoms in total. The summed E-state index contributed by atoms with van der Waals surface area (Å²) < 4.78 is 24.7. The molecule has 0 saturated carbocycles. The van der Waals surface area contributed by atoms with Crippen LogP contribution in [0.5, 0.6) is 0 Å². The highest BCUT2D eigenvalue weighted by atomic mass is 35.5. The molecule has 1 fully saturated rings. The van der Waals surface area contributed by atoms with E-state index < -0.39 is 10.0 Å². The van der Waals surface area contributed by atoms with Gasteiger partial charge in [0.25, 0.3) is 0 Å². The first-order valence-corrected chi connectivity index (χ1v) is 8.58. The van der Waals surface area contributed by atoms with Crippen LogP contribution in [0.25, 0.3) is 0 Å². The molecule has 0 spiro atoms. The average molecular weight is 312 g/mol. The molecule has 1 aromatic rings. The molecule has 2 rings (SSSR count). The van der Waals surface area contributed by atoms with E-state index in [0.717, 1.165) is 11.3 Å². The van der Waals surface area contributed by atoms with Gasteiger partial charge in [0.05, 0.1) is 11.6 Å². The van der Waals surface area contributed by atoms with Crippen molar-refractivity contribution in [2.45, 2.75) is 5.37 Å². The van der Waals surface area contributed by atoms with Gasteiger partial charge in [-0.25, -0.2) is 8.42 Å². The smallest absolute Gasteiger partial charge is 0.212 e. The van der Waals surface area contributed by atoms with Gasteiger partial charge in [0.15, 0.2) is 0 Å². The summed E-state index contributed by atoms with van der Waals surface area (Å²) >= 11 is 13.5. The van der Waals surface area contributed by atoms with Crippen molar-refractivity contribution in [2.24, 2.45) is 0 Å². The van der Waals surface area contributed by atoms with Gasteiger partial charge >= 0.3 is 0 Å². The van der Waals surface area contributed by atoms with Crippen LogP contribution in [0.15, 0.2) is 18.2 Å². The minimum absolute atomic E-state index is 0.241. The number of hydrogen-bond donors (Lipinski definition) is 0. The lowest BCUT2D eigenvalue weighted by Crippen LogP contribution is -2.29. The maximum Gasteiger partial charge on any atom is 0.212 e. The van der Waals surface area contributed by atoms with Gasteiger partial charge in [-0.3, -0.25) is 0 Å². The highest BCUT2D eigenvalue weighted by Gasteiger charge is 2.34. The Morgan fingerprint density at radius 3 is 2.71 bits per heavy atom. The lowest BCUT2D eigenvalue weighted by molar-refractivity contribution is 0.439. The summed E-state index contributed by atoms with van der Waals surface area (Å²) in [4.78, 5) is 0. The molecule has 0 amide bonds. The van der Waals surface area contributed by atoms with Crippen LogP contribution in [0.4, 0.5) is 0 Å². The van der Waals surface area contributed by atoms with Crippen molar-refractivity contribution in [3.63, 3.8) is 0 Å². The van der Waals surface area contributed by atoms with E-state index in [9.17, 15) is 8.42 Å². The number of benzene rings is 1. The van der Waals surface area contributed by atoms with E-state index in [2.05, 4.69) is 0 Å². The van der Waals surface area contributed by atoms with Gasteiger partial charge in [-0.1, -0.05) is 29.3 Å². The molecule has 0 aliphatic carbocycles. The normalized spacial score (nSPS) is 21.9. The molecule has 1 unspecified atom stereocenters.